The maximum Gasteiger partial charge on any atom is 0.125 e. The summed E-state index contributed by atoms with van der Waals surface area (Å²) >= 11 is 0. The number of aliphatic hydroxyl groups is 1. The molecule has 0 aliphatic heterocycles. The van der Waals surface area contributed by atoms with Crippen LogP contribution in [0.1, 0.15) is 25.7 Å². The first-order valence-electron chi connectivity index (χ1n) is 4.55. The molecule has 0 radical (unpaired) electrons. The van der Waals surface area contributed by atoms with E-state index >= 15 is 0 Å². The molecule has 0 bridgehead atoms. The summed E-state index contributed by atoms with van der Waals surface area (Å²) in [6, 6.07) is 0. The molecule has 0 aromatic rings. The zero-order valence-electron chi connectivity index (χ0n) is 7.64. The standard InChI is InChI=1S/C10H17NO/c1-3-10(12)6-4-9(5-7-10)8-11-2/h1,9,11-12H,4-8H2,2H3. The van der Waals surface area contributed by atoms with Crippen LogP contribution in [-0.2, 0) is 0 Å². The van der Waals surface area contributed by atoms with Gasteiger partial charge in [-0.2, -0.15) is 0 Å². The predicted molar refractivity (Wildman–Crippen MR) is 49.7 cm³/mol. The van der Waals surface area contributed by atoms with Crippen molar-refractivity contribution in [2.75, 3.05) is 13.6 Å². The molecule has 1 saturated carbocycles. The molecule has 0 amide bonds. The van der Waals surface area contributed by atoms with Crippen molar-refractivity contribution in [3.63, 3.8) is 0 Å². The summed E-state index contributed by atoms with van der Waals surface area (Å²) in [5.74, 6) is 3.18. The Kier molecular flexibility index (Phi) is 3.13. The smallest absolute Gasteiger partial charge is 0.125 e. The molecule has 0 spiro atoms. The molecule has 1 aliphatic rings. The van der Waals surface area contributed by atoms with E-state index in [1.807, 2.05) is 7.05 Å². The van der Waals surface area contributed by atoms with Crippen LogP contribution >= 0.6 is 0 Å². The first kappa shape index (κ1) is 9.57. The van der Waals surface area contributed by atoms with E-state index in [1.165, 1.54) is 0 Å². The molecular formula is C10H17NO. The molecule has 0 saturated heterocycles. The van der Waals surface area contributed by atoms with Crippen LogP contribution in [0.5, 0.6) is 0 Å². The molecule has 2 N–H and O–H groups in total. The second-order valence-corrected chi connectivity index (χ2v) is 3.68. The maximum absolute atomic E-state index is 9.71. The van der Waals surface area contributed by atoms with Gasteiger partial charge in [-0.3, -0.25) is 0 Å². The van der Waals surface area contributed by atoms with Gasteiger partial charge in [0.15, 0.2) is 0 Å². The fraction of sp³-hybridized carbons (Fsp3) is 0.800. The van der Waals surface area contributed by atoms with Gasteiger partial charge in [-0.15, -0.1) is 6.42 Å². The van der Waals surface area contributed by atoms with Crippen molar-refractivity contribution in [1.82, 2.24) is 5.32 Å². The topological polar surface area (TPSA) is 32.3 Å². The molecule has 1 rings (SSSR count). The Labute approximate surface area is 74.4 Å². The Morgan fingerprint density at radius 1 is 1.58 bits per heavy atom. The molecular weight excluding hydrogens is 150 g/mol. The summed E-state index contributed by atoms with van der Waals surface area (Å²) in [5, 5.41) is 12.9. The lowest BCUT2D eigenvalue weighted by Gasteiger charge is -2.31. The highest BCUT2D eigenvalue weighted by Gasteiger charge is 2.30. The fourth-order valence-electron chi connectivity index (χ4n) is 1.79. The highest BCUT2D eigenvalue weighted by atomic mass is 16.3. The highest BCUT2D eigenvalue weighted by Crippen LogP contribution is 2.30. The van der Waals surface area contributed by atoms with Crippen LogP contribution in [0.2, 0.25) is 0 Å². The van der Waals surface area contributed by atoms with Crippen LogP contribution in [0.4, 0.5) is 0 Å². The second kappa shape index (κ2) is 3.93. The van der Waals surface area contributed by atoms with Crippen molar-refractivity contribution in [3.05, 3.63) is 0 Å². The number of rotatable bonds is 2. The first-order chi connectivity index (χ1) is 5.70. The summed E-state index contributed by atoms with van der Waals surface area (Å²) in [5.41, 5.74) is -0.801. The van der Waals surface area contributed by atoms with Crippen LogP contribution in [0.3, 0.4) is 0 Å². The highest BCUT2D eigenvalue weighted by molar-refractivity contribution is 5.08. The molecule has 1 fully saturated rings. The van der Waals surface area contributed by atoms with Crippen molar-refractivity contribution < 1.29 is 5.11 Å². The minimum atomic E-state index is -0.801. The second-order valence-electron chi connectivity index (χ2n) is 3.68. The van der Waals surface area contributed by atoms with Gasteiger partial charge in [-0.25, -0.2) is 0 Å². The Morgan fingerprint density at radius 2 is 2.17 bits per heavy atom. The minimum absolute atomic E-state index is 0.698. The van der Waals surface area contributed by atoms with E-state index in [-0.39, 0.29) is 0 Å². The zero-order valence-corrected chi connectivity index (χ0v) is 7.64. The van der Waals surface area contributed by atoms with Gasteiger partial charge in [0.05, 0.1) is 0 Å². The lowest BCUT2D eigenvalue weighted by Crippen LogP contribution is -2.34. The van der Waals surface area contributed by atoms with Crippen molar-refractivity contribution in [1.29, 1.82) is 0 Å². The first-order valence-corrected chi connectivity index (χ1v) is 4.55. The molecule has 0 heterocycles. The molecule has 0 aromatic carbocycles. The Balaban J connectivity index is 2.35. The van der Waals surface area contributed by atoms with E-state index in [4.69, 9.17) is 6.42 Å². The largest absolute Gasteiger partial charge is 0.378 e. The van der Waals surface area contributed by atoms with E-state index in [9.17, 15) is 5.11 Å². The number of hydrogen-bond acceptors (Lipinski definition) is 2. The molecule has 0 unspecified atom stereocenters. The summed E-state index contributed by atoms with van der Waals surface area (Å²) in [7, 11) is 1.96. The molecule has 12 heavy (non-hydrogen) atoms. The van der Waals surface area contributed by atoms with Gasteiger partial charge in [0, 0.05) is 0 Å². The number of hydrogen-bond donors (Lipinski definition) is 2. The Bertz CT molecular complexity index is 175. The van der Waals surface area contributed by atoms with Crippen molar-refractivity contribution in [2.45, 2.75) is 31.3 Å². The third-order valence-electron chi connectivity index (χ3n) is 2.69. The third kappa shape index (κ3) is 2.23. The van der Waals surface area contributed by atoms with Gasteiger partial charge in [0.1, 0.15) is 5.60 Å². The summed E-state index contributed by atoms with van der Waals surface area (Å²) in [6.45, 7) is 1.04. The minimum Gasteiger partial charge on any atom is -0.378 e. The molecule has 2 heteroatoms. The maximum atomic E-state index is 9.71. The lowest BCUT2D eigenvalue weighted by atomic mass is 9.79. The van der Waals surface area contributed by atoms with Gasteiger partial charge in [0.2, 0.25) is 0 Å². The zero-order chi connectivity index (χ0) is 9.03. The summed E-state index contributed by atoms with van der Waals surface area (Å²) in [4.78, 5) is 0. The van der Waals surface area contributed by atoms with Gasteiger partial charge in [-0.1, -0.05) is 5.92 Å². The fourth-order valence-corrected chi connectivity index (χ4v) is 1.79. The predicted octanol–water partition coefficient (Wildman–Crippen LogP) is 0.760. The normalized spacial score (nSPS) is 35.9. The third-order valence-corrected chi connectivity index (χ3v) is 2.69. The summed E-state index contributed by atoms with van der Waals surface area (Å²) < 4.78 is 0. The van der Waals surface area contributed by atoms with Crippen LogP contribution < -0.4 is 5.32 Å². The van der Waals surface area contributed by atoms with Crippen LogP contribution in [0, 0.1) is 18.3 Å². The van der Waals surface area contributed by atoms with Gasteiger partial charge >= 0.3 is 0 Å². The molecule has 0 atom stereocenters. The van der Waals surface area contributed by atoms with E-state index in [1.54, 1.807) is 0 Å². The average Bonchev–Trinajstić information content (AvgIpc) is 2.10. The molecule has 0 aromatic heterocycles. The van der Waals surface area contributed by atoms with Crippen molar-refractivity contribution in [2.24, 2.45) is 5.92 Å². The SMILES string of the molecule is C#CC1(O)CCC(CNC)CC1. The van der Waals surface area contributed by atoms with Crippen LogP contribution in [0.15, 0.2) is 0 Å². The molecule has 1 aliphatic carbocycles. The summed E-state index contributed by atoms with van der Waals surface area (Å²) in [6.07, 6.45) is 8.85. The monoisotopic (exact) mass is 167 g/mol. The lowest BCUT2D eigenvalue weighted by molar-refractivity contribution is 0.0447. The van der Waals surface area contributed by atoms with E-state index in [0.29, 0.717) is 5.92 Å². The van der Waals surface area contributed by atoms with E-state index in [2.05, 4.69) is 11.2 Å². The Morgan fingerprint density at radius 3 is 2.58 bits per heavy atom. The van der Waals surface area contributed by atoms with E-state index < -0.39 is 5.60 Å². The van der Waals surface area contributed by atoms with Crippen LogP contribution in [-0.4, -0.2) is 24.3 Å². The Hall–Kier alpha value is -0.520. The number of terminal acetylenes is 1. The quantitative estimate of drug-likeness (QED) is 0.595. The number of nitrogens with one attached hydrogen (secondary N) is 1. The van der Waals surface area contributed by atoms with Crippen molar-refractivity contribution in [3.8, 4) is 12.3 Å². The van der Waals surface area contributed by atoms with E-state index in [0.717, 1.165) is 32.2 Å². The molecule has 2 nitrogen and oxygen atoms in total. The van der Waals surface area contributed by atoms with Gasteiger partial charge < -0.3 is 10.4 Å². The van der Waals surface area contributed by atoms with Crippen molar-refractivity contribution >= 4 is 0 Å². The average molecular weight is 167 g/mol. The van der Waals surface area contributed by atoms with Gasteiger partial charge in [0.25, 0.3) is 0 Å². The van der Waals surface area contributed by atoms with Gasteiger partial charge in [-0.05, 0) is 45.2 Å². The van der Waals surface area contributed by atoms with Crippen LogP contribution in [0.25, 0.3) is 0 Å². The molecule has 68 valence electrons.